The van der Waals surface area contributed by atoms with Gasteiger partial charge in [0.15, 0.2) is 0 Å². The molecule has 0 atom stereocenters. The highest BCUT2D eigenvalue weighted by molar-refractivity contribution is 5.85. The second-order valence-electron chi connectivity index (χ2n) is 3.19. The van der Waals surface area contributed by atoms with Gasteiger partial charge >= 0.3 is 0 Å². The maximum atomic E-state index is 5.47. The quantitative estimate of drug-likeness (QED) is 0.883. The third kappa shape index (κ3) is 2.84. The van der Waals surface area contributed by atoms with Crippen LogP contribution in [0.3, 0.4) is 0 Å². The van der Waals surface area contributed by atoms with E-state index in [1.54, 1.807) is 0 Å². The zero-order valence-corrected chi connectivity index (χ0v) is 10.1. The Morgan fingerprint density at radius 1 is 1.40 bits per heavy atom. The number of pyridine rings is 1. The van der Waals surface area contributed by atoms with Crippen LogP contribution in [-0.4, -0.2) is 15.9 Å². The van der Waals surface area contributed by atoms with Crippen molar-refractivity contribution in [2.24, 2.45) is 5.73 Å². The topological polar surface area (TPSA) is 43.3 Å². The van der Waals surface area contributed by atoms with E-state index in [0.29, 0.717) is 6.54 Å². The molecule has 5 heteroatoms. The summed E-state index contributed by atoms with van der Waals surface area (Å²) in [6, 6.07) is 4.09. The summed E-state index contributed by atoms with van der Waals surface area (Å²) in [6.07, 6.45) is 4.89. The molecule has 0 aliphatic rings. The number of imidazole rings is 1. The molecule has 0 saturated heterocycles. The summed E-state index contributed by atoms with van der Waals surface area (Å²) in [5.41, 5.74) is 8.77. The molecule has 84 valence electrons. The van der Waals surface area contributed by atoms with Gasteiger partial charge in [0, 0.05) is 18.8 Å². The SMILES string of the molecule is Cc1cccn2cc(CCN)nc12.Cl.Cl. The van der Waals surface area contributed by atoms with E-state index in [9.17, 15) is 0 Å². The maximum Gasteiger partial charge on any atom is 0.139 e. The van der Waals surface area contributed by atoms with Crippen molar-refractivity contribution < 1.29 is 0 Å². The molecule has 0 spiro atoms. The van der Waals surface area contributed by atoms with Crippen LogP contribution in [-0.2, 0) is 6.42 Å². The maximum absolute atomic E-state index is 5.47. The summed E-state index contributed by atoms with van der Waals surface area (Å²) in [4.78, 5) is 4.48. The van der Waals surface area contributed by atoms with Crippen molar-refractivity contribution in [3.05, 3.63) is 35.8 Å². The smallest absolute Gasteiger partial charge is 0.139 e. The van der Waals surface area contributed by atoms with E-state index in [1.807, 2.05) is 22.9 Å². The van der Waals surface area contributed by atoms with Crippen molar-refractivity contribution in [2.75, 3.05) is 6.54 Å². The molecule has 2 heterocycles. The highest BCUT2D eigenvalue weighted by Crippen LogP contribution is 2.09. The van der Waals surface area contributed by atoms with Crippen LogP contribution in [0.5, 0.6) is 0 Å². The Balaban J connectivity index is 0.000000980. The molecule has 0 fully saturated rings. The van der Waals surface area contributed by atoms with Gasteiger partial charge < -0.3 is 10.1 Å². The number of halogens is 2. The van der Waals surface area contributed by atoms with Gasteiger partial charge in [0.2, 0.25) is 0 Å². The Kier molecular flexibility index (Phi) is 5.65. The second-order valence-corrected chi connectivity index (χ2v) is 3.19. The van der Waals surface area contributed by atoms with Crippen LogP contribution in [0.15, 0.2) is 24.5 Å². The van der Waals surface area contributed by atoms with Gasteiger partial charge in [0.05, 0.1) is 5.69 Å². The lowest BCUT2D eigenvalue weighted by atomic mass is 10.3. The van der Waals surface area contributed by atoms with Crippen molar-refractivity contribution in [2.45, 2.75) is 13.3 Å². The Labute approximate surface area is 102 Å². The number of fused-ring (bicyclic) bond motifs is 1. The fourth-order valence-electron chi connectivity index (χ4n) is 1.47. The zero-order valence-electron chi connectivity index (χ0n) is 8.51. The largest absolute Gasteiger partial charge is 0.330 e. The highest BCUT2D eigenvalue weighted by Gasteiger charge is 2.01. The van der Waals surface area contributed by atoms with E-state index in [0.717, 1.165) is 17.8 Å². The zero-order chi connectivity index (χ0) is 9.26. The summed E-state index contributed by atoms with van der Waals surface area (Å²) in [5, 5.41) is 0. The summed E-state index contributed by atoms with van der Waals surface area (Å²) in [5.74, 6) is 0. The van der Waals surface area contributed by atoms with Crippen molar-refractivity contribution in [1.82, 2.24) is 9.38 Å². The number of nitrogens with two attached hydrogens (primary N) is 1. The molecule has 0 aliphatic carbocycles. The predicted molar refractivity (Wildman–Crippen MR) is 67.2 cm³/mol. The van der Waals surface area contributed by atoms with Gasteiger partial charge in [-0.05, 0) is 25.1 Å². The van der Waals surface area contributed by atoms with Crippen LogP contribution in [0, 0.1) is 6.92 Å². The van der Waals surface area contributed by atoms with E-state index < -0.39 is 0 Å². The molecule has 0 saturated carbocycles. The van der Waals surface area contributed by atoms with Gasteiger partial charge in [0.25, 0.3) is 0 Å². The minimum Gasteiger partial charge on any atom is -0.330 e. The number of aromatic nitrogens is 2. The number of hydrogen-bond donors (Lipinski definition) is 1. The Hall–Kier alpha value is -0.770. The lowest BCUT2D eigenvalue weighted by molar-refractivity contribution is 0.937. The van der Waals surface area contributed by atoms with Gasteiger partial charge in [-0.3, -0.25) is 0 Å². The molecule has 3 nitrogen and oxygen atoms in total. The van der Waals surface area contributed by atoms with Gasteiger partial charge in [0.1, 0.15) is 5.65 Å². The van der Waals surface area contributed by atoms with Crippen molar-refractivity contribution in [3.8, 4) is 0 Å². The number of nitrogens with zero attached hydrogens (tertiary/aromatic N) is 2. The molecule has 0 unspecified atom stereocenters. The number of hydrogen-bond acceptors (Lipinski definition) is 2. The summed E-state index contributed by atoms with van der Waals surface area (Å²) >= 11 is 0. The third-order valence-corrected chi connectivity index (χ3v) is 2.13. The Morgan fingerprint density at radius 3 is 2.73 bits per heavy atom. The third-order valence-electron chi connectivity index (χ3n) is 2.13. The van der Waals surface area contributed by atoms with E-state index in [-0.39, 0.29) is 24.8 Å². The van der Waals surface area contributed by atoms with Crippen molar-refractivity contribution in [3.63, 3.8) is 0 Å². The first-order chi connectivity index (χ1) is 6.31. The second kappa shape index (κ2) is 5.95. The molecule has 2 rings (SSSR count). The first kappa shape index (κ1) is 14.2. The average Bonchev–Trinajstić information content (AvgIpc) is 2.49. The van der Waals surface area contributed by atoms with Crippen LogP contribution in [0.2, 0.25) is 0 Å². The van der Waals surface area contributed by atoms with Crippen LogP contribution < -0.4 is 5.73 Å². The van der Waals surface area contributed by atoms with Gasteiger partial charge in [-0.15, -0.1) is 24.8 Å². The van der Waals surface area contributed by atoms with Gasteiger partial charge in [-0.2, -0.15) is 0 Å². The molecule has 0 amide bonds. The summed E-state index contributed by atoms with van der Waals surface area (Å²) in [6.45, 7) is 2.72. The normalized spacial score (nSPS) is 9.47. The molecule has 2 N–H and O–H groups in total. The molecule has 0 aliphatic heterocycles. The average molecular weight is 248 g/mol. The van der Waals surface area contributed by atoms with Crippen molar-refractivity contribution in [1.29, 1.82) is 0 Å². The number of aryl methyl sites for hydroxylation is 1. The molecule has 15 heavy (non-hydrogen) atoms. The fraction of sp³-hybridized carbons (Fsp3) is 0.300. The molecular weight excluding hydrogens is 233 g/mol. The van der Waals surface area contributed by atoms with E-state index in [2.05, 4.69) is 18.0 Å². The summed E-state index contributed by atoms with van der Waals surface area (Å²) in [7, 11) is 0. The van der Waals surface area contributed by atoms with E-state index in [1.165, 1.54) is 5.56 Å². The van der Waals surface area contributed by atoms with Gasteiger partial charge in [-0.25, -0.2) is 4.98 Å². The van der Waals surface area contributed by atoms with E-state index >= 15 is 0 Å². The minimum atomic E-state index is 0. The molecule has 0 bridgehead atoms. The van der Waals surface area contributed by atoms with Crippen LogP contribution in [0.4, 0.5) is 0 Å². The van der Waals surface area contributed by atoms with Gasteiger partial charge in [-0.1, -0.05) is 6.07 Å². The predicted octanol–water partition coefficient (Wildman–Crippen LogP) is 1.99. The molecule has 0 aromatic carbocycles. The Bertz CT molecular complexity index is 426. The lowest BCUT2D eigenvalue weighted by Gasteiger charge is -1.93. The first-order valence-electron chi connectivity index (χ1n) is 4.44. The lowest BCUT2D eigenvalue weighted by Crippen LogP contribution is -2.02. The molecular formula is C10H15Cl2N3. The molecule has 2 aromatic heterocycles. The minimum absolute atomic E-state index is 0. The molecule has 2 aromatic rings. The van der Waals surface area contributed by atoms with E-state index in [4.69, 9.17) is 5.73 Å². The van der Waals surface area contributed by atoms with Crippen LogP contribution in [0.25, 0.3) is 5.65 Å². The summed E-state index contributed by atoms with van der Waals surface area (Å²) < 4.78 is 2.04. The molecule has 0 radical (unpaired) electrons. The monoisotopic (exact) mass is 247 g/mol. The van der Waals surface area contributed by atoms with Crippen LogP contribution >= 0.6 is 24.8 Å². The Morgan fingerprint density at radius 2 is 2.13 bits per heavy atom. The van der Waals surface area contributed by atoms with Crippen LogP contribution in [0.1, 0.15) is 11.3 Å². The highest BCUT2D eigenvalue weighted by atomic mass is 35.5. The van der Waals surface area contributed by atoms with Crippen molar-refractivity contribution >= 4 is 30.5 Å². The fourth-order valence-corrected chi connectivity index (χ4v) is 1.47. The number of rotatable bonds is 2. The standard InChI is InChI=1S/C10H13N3.2ClH/c1-8-3-2-6-13-7-9(4-5-11)12-10(8)13;;/h2-3,6-7H,4-5,11H2,1H3;2*1H. The first-order valence-corrected chi connectivity index (χ1v) is 4.44.